The molecule has 13 heavy (non-hydrogen) atoms. The van der Waals surface area contributed by atoms with Crippen LogP contribution in [0.25, 0.3) is 0 Å². The van der Waals surface area contributed by atoms with Gasteiger partial charge in [-0.05, 0) is 6.42 Å². The van der Waals surface area contributed by atoms with E-state index in [1.807, 2.05) is 0 Å². The largest absolute Gasteiger partial charge is 0.481 e. The maximum Gasteiger partial charge on any atom is 0.309 e. The number of methoxy groups -OCH3 is 1. The maximum absolute atomic E-state index is 10.9. The third kappa shape index (κ3) is 4.95. The summed E-state index contributed by atoms with van der Waals surface area (Å²) in [6.45, 7) is 1.60. The Balaban J connectivity index is 3.91. The Kier molecular flexibility index (Phi) is 4.72. The SMILES string of the molecule is COC(=O)C(C)CC(=N)CC(=O)O. The van der Waals surface area contributed by atoms with Crippen LogP contribution in [0.15, 0.2) is 0 Å². The van der Waals surface area contributed by atoms with Crippen molar-refractivity contribution in [2.45, 2.75) is 19.8 Å². The van der Waals surface area contributed by atoms with Crippen molar-refractivity contribution in [1.82, 2.24) is 0 Å². The maximum atomic E-state index is 10.9. The lowest BCUT2D eigenvalue weighted by molar-refractivity contribution is -0.144. The van der Waals surface area contributed by atoms with Gasteiger partial charge in [0.25, 0.3) is 0 Å². The number of carboxylic acid groups (broad SMARTS) is 1. The van der Waals surface area contributed by atoms with E-state index in [1.54, 1.807) is 6.92 Å². The molecule has 0 fully saturated rings. The highest BCUT2D eigenvalue weighted by Gasteiger charge is 2.16. The monoisotopic (exact) mass is 187 g/mol. The molecule has 0 amide bonds. The minimum Gasteiger partial charge on any atom is -0.481 e. The van der Waals surface area contributed by atoms with Gasteiger partial charge in [0.1, 0.15) is 0 Å². The van der Waals surface area contributed by atoms with Crippen molar-refractivity contribution >= 4 is 17.7 Å². The number of aliphatic carboxylic acids is 1. The molecule has 74 valence electrons. The molecule has 0 aliphatic carbocycles. The number of hydrogen-bond acceptors (Lipinski definition) is 4. The van der Waals surface area contributed by atoms with Crippen LogP contribution in [-0.2, 0) is 14.3 Å². The molecular formula is C8H13NO4. The number of carbonyl (C=O) groups is 2. The molecule has 1 unspecified atom stereocenters. The standard InChI is InChI=1S/C8H13NO4/c1-5(8(12)13-2)3-6(9)4-7(10)11/h5,9H,3-4H2,1-2H3,(H,10,11). The Morgan fingerprint density at radius 2 is 2.08 bits per heavy atom. The zero-order valence-electron chi connectivity index (χ0n) is 7.66. The van der Waals surface area contributed by atoms with E-state index in [0.717, 1.165) is 0 Å². The Morgan fingerprint density at radius 1 is 1.54 bits per heavy atom. The molecule has 2 N–H and O–H groups in total. The van der Waals surface area contributed by atoms with E-state index in [9.17, 15) is 9.59 Å². The molecule has 0 radical (unpaired) electrons. The van der Waals surface area contributed by atoms with E-state index in [0.29, 0.717) is 0 Å². The molecule has 0 rings (SSSR count). The van der Waals surface area contributed by atoms with Gasteiger partial charge in [0.05, 0.1) is 19.4 Å². The predicted octanol–water partition coefficient (Wildman–Crippen LogP) is 0.680. The fraction of sp³-hybridized carbons (Fsp3) is 0.625. The second-order valence-corrected chi connectivity index (χ2v) is 2.80. The molecule has 1 atom stereocenters. The van der Waals surface area contributed by atoms with Gasteiger partial charge in [-0.1, -0.05) is 6.92 Å². The summed E-state index contributed by atoms with van der Waals surface area (Å²) in [6, 6.07) is 0. The number of nitrogens with one attached hydrogen (secondary N) is 1. The van der Waals surface area contributed by atoms with Crippen molar-refractivity contribution in [3.63, 3.8) is 0 Å². The smallest absolute Gasteiger partial charge is 0.309 e. The number of esters is 1. The first-order valence-electron chi connectivity index (χ1n) is 3.83. The molecule has 0 heterocycles. The molecule has 5 nitrogen and oxygen atoms in total. The molecule has 0 aromatic heterocycles. The van der Waals surface area contributed by atoms with Crippen LogP contribution < -0.4 is 0 Å². The second kappa shape index (κ2) is 5.29. The summed E-state index contributed by atoms with van der Waals surface area (Å²) in [4.78, 5) is 21.0. The lowest BCUT2D eigenvalue weighted by atomic mass is 10.0. The van der Waals surface area contributed by atoms with Gasteiger partial charge in [0, 0.05) is 5.71 Å². The van der Waals surface area contributed by atoms with E-state index in [1.165, 1.54) is 7.11 Å². The van der Waals surface area contributed by atoms with E-state index in [-0.39, 0.29) is 18.6 Å². The van der Waals surface area contributed by atoms with Crippen LogP contribution in [0.2, 0.25) is 0 Å². The summed E-state index contributed by atoms with van der Waals surface area (Å²) in [5.74, 6) is -1.92. The van der Waals surface area contributed by atoms with Crippen molar-refractivity contribution in [1.29, 1.82) is 5.41 Å². The third-order valence-electron chi connectivity index (χ3n) is 1.52. The van der Waals surface area contributed by atoms with E-state index < -0.39 is 17.9 Å². The van der Waals surface area contributed by atoms with Crippen LogP contribution in [0.3, 0.4) is 0 Å². The van der Waals surface area contributed by atoms with Crippen molar-refractivity contribution in [3.8, 4) is 0 Å². The molecule has 0 bridgehead atoms. The van der Waals surface area contributed by atoms with Gasteiger partial charge in [-0.25, -0.2) is 0 Å². The Morgan fingerprint density at radius 3 is 2.46 bits per heavy atom. The summed E-state index contributed by atoms with van der Waals surface area (Å²) in [5, 5.41) is 15.6. The predicted molar refractivity (Wildman–Crippen MR) is 45.8 cm³/mol. The average Bonchev–Trinajstić information content (AvgIpc) is 2.01. The lowest BCUT2D eigenvalue weighted by Gasteiger charge is -2.08. The number of ether oxygens (including phenoxy) is 1. The first-order valence-corrected chi connectivity index (χ1v) is 3.83. The highest BCUT2D eigenvalue weighted by atomic mass is 16.5. The normalized spacial score (nSPS) is 11.8. The van der Waals surface area contributed by atoms with E-state index in [2.05, 4.69) is 4.74 Å². The van der Waals surface area contributed by atoms with Gasteiger partial charge >= 0.3 is 11.9 Å². The van der Waals surface area contributed by atoms with Crippen LogP contribution in [-0.4, -0.2) is 29.9 Å². The van der Waals surface area contributed by atoms with Gasteiger partial charge in [0.15, 0.2) is 0 Å². The summed E-state index contributed by atoms with van der Waals surface area (Å²) < 4.78 is 4.43. The van der Waals surface area contributed by atoms with Crippen LogP contribution in [0.5, 0.6) is 0 Å². The number of carboxylic acids is 1. The first-order chi connectivity index (χ1) is 5.97. The molecule has 0 aromatic carbocycles. The van der Waals surface area contributed by atoms with Crippen LogP contribution in [0, 0.1) is 11.3 Å². The number of hydrogen-bond donors (Lipinski definition) is 2. The highest BCUT2D eigenvalue weighted by molar-refractivity contribution is 5.97. The zero-order chi connectivity index (χ0) is 10.4. The molecule has 0 spiro atoms. The third-order valence-corrected chi connectivity index (χ3v) is 1.52. The van der Waals surface area contributed by atoms with Crippen LogP contribution >= 0.6 is 0 Å². The Bertz CT molecular complexity index is 224. The molecule has 0 aromatic rings. The van der Waals surface area contributed by atoms with Crippen molar-refractivity contribution < 1.29 is 19.4 Å². The first kappa shape index (κ1) is 11.6. The number of carbonyl (C=O) groups excluding carboxylic acids is 1. The van der Waals surface area contributed by atoms with Crippen molar-refractivity contribution in [2.24, 2.45) is 5.92 Å². The summed E-state index contributed by atoms with van der Waals surface area (Å²) in [6.07, 6.45) is -0.180. The van der Waals surface area contributed by atoms with Crippen molar-refractivity contribution in [3.05, 3.63) is 0 Å². The topological polar surface area (TPSA) is 87.5 Å². The van der Waals surface area contributed by atoms with Crippen molar-refractivity contribution in [2.75, 3.05) is 7.11 Å². The van der Waals surface area contributed by atoms with Gasteiger partial charge in [0.2, 0.25) is 0 Å². The molecule has 0 aliphatic heterocycles. The van der Waals surface area contributed by atoms with E-state index in [4.69, 9.17) is 10.5 Å². The van der Waals surface area contributed by atoms with Gasteiger partial charge < -0.3 is 15.3 Å². The summed E-state index contributed by atoms with van der Waals surface area (Å²) >= 11 is 0. The minimum absolute atomic E-state index is 0.0328. The lowest BCUT2D eigenvalue weighted by Crippen LogP contribution is -2.18. The Labute approximate surface area is 76.2 Å². The molecule has 5 heteroatoms. The Hall–Kier alpha value is -1.39. The number of rotatable bonds is 5. The second-order valence-electron chi connectivity index (χ2n) is 2.80. The van der Waals surface area contributed by atoms with Crippen LogP contribution in [0.4, 0.5) is 0 Å². The molecular weight excluding hydrogens is 174 g/mol. The van der Waals surface area contributed by atoms with Gasteiger partial charge in [-0.3, -0.25) is 9.59 Å². The fourth-order valence-corrected chi connectivity index (χ4v) is 0.909. The van der Waals surface area contributed by atoms with Gasteiger partial charge in [-0.2, -0.15) is 0 Å². The fourth-order valence-electron chi connectivity index (χ4n) is 0.909. The molecule has 0 saturated carbocycles. The summed E-state index contributed by atoms with van der Waals surface area (Å²) in [5.41, 5.74) is 0.0328. The molecule has 0 aliphatic rings. The zero-order valence-corrected chi connectivity index (χ0v) is 7.66. The average molecular weight is 187 g/mol. The van der Waals surface area contributed by atoms with Gasteiger partial charge in [-0.15, -0.1) is 0 Å². The quantitative estimate of drug-likeness (QED) is 0.489. The summed E-state index contributed by atoms with van der Waals surface area (Å²) in [7, 11) is 1.26. The highest BCUT2D eigenvalue weighted by Crippen LogP contribution is 2.06. The van der Waals surface area contributed by atoms with Crippen LogP contribution in [0.1, 0.15) is 19.8 Å². The molecule has 0 saturated heterocycles. The minimum atomic E-state index is -1.05. The van der Waals surface area contributed by atoms with E-state index >= 15 is 0 Å².